The van der Waals surface area contributed by atoms with E-state index in [1.165, 1.54) is 7.11 Å². The van der Waals surface area contributed by atoms with E-state index in [1.807, 2.05) is 6.92 Å². The fraction of sp³-hybridized carbons (Fsp3) is 0.562. The Labute approximate surface area is 144 Å². The minimum atomic E-state index is -3.63. The number of hydrogen-bond acceptors (Lipinski definition) is 5. The van der Waals surface area contributed by atoms with Crippen LogP contribution in [0.4, 0.5) is 5.69 Å². The van der Waals surface area contributed by atoms with Crippen molar-refractivity contribution in [2.75, 3.05) is 30.9 Å². The Hall–Kier alpha value is -1.80. The van der Waals surface area contributed by atoms with Gasteiger partial charge in [-0.25, -0.2) is 8.42 Å². The first kappa shape index (κ1) is 20.2. The number of amides is 1. The molecule has 1 rings (SSSR count). The second-order valence-electron chi connectivity index (χ2n) is 5.53. The number of methoxy groups -OCH3 is 1. The topological polar surface area (TPSA) is 84.9 Å². The van der Waals surface area contributed by atoms with Crippen molar-refractivity contribution in [2.45, 2.75) is 32.9 Å². The fourth-order valence-corrected chi connectivity index (χ4v) is 3.49. The lowest BCUT2D eigenvalue weighted by Gasteiger charge is -2.29. The average Bonchev–Trinajstić information content (AvgIpc) is 2.48. The standard InChI is InChI=1S/C16H26N2O5S/c1-6-23-15-9-7-14(8-10-15)18(24(5,20)21)13(3)16(19)17-12(2)11-22-4/h7-10,12-13H,6,11H2,1-5H3,(H,17,19)/t12-,13-/m0/s1. The summed E-state index contributed by atoms with van der Waals surface area (Å²) < 4.78 is 35.8. The molecule has 0 saturated carbocycles. The van der Waals surface area contributed by atoms with Gasteiger partial charge in [0.15, 0.2) is 0 Å². The quantitative estimate of drug-likeness (QED) is 0.721. The molecule has 0 saturated heterocycles. The van der Waals surface area contributed by atoms with Crippen molar-refractivity contribution in [1.82, 2.24) is 5.32 Å². The molecule has 0 unspecified atom stereocenters. The van der Waals surface area contributed by atoms with Gasteiger partial charge in [0.2, 0.25) is 15.9 Å². The van der Waals surface area contributed by atoms with Crippen LogP contribution in [0.3, 0.4) is 0 Å². The van der Waals surface area contributed by atoms with E-state index in [0.29, 0.717) is 24.7 Å². The number of nitrogens with zero attached hydrogens (tertiary/aromatic N) is 1. The van der Waals surface area contributed by atoms with Crippen LogP contribution < -0.4 is 14.4 Å². The summed E-state index contributed by atoms with van der Waals surface area (Å²) in [5.41, 5.74) is 0.406. The first-order valence-corrected chi connectivity index (χ1v) is 9.57. The van der Waals surface area contributed by atoms with Gasteiger partial charge in [-0.1, -0.05) is 0 Å². The molecule has 0 heterocycles. The van der Waals surface area contributed by atoms with Crippen LogP contribution in [0.15, 0.2) is 24.3 Å². The third-order valence-corrected chi connectivity index (χ3v) is 4.54. The van der Waals surface area contributed by atoms with Crippen LogP contribution >= 0.6 is 0 Å². The highest BCUT2D eigenvalue weighted by Gasteiger charge is 2.29. The molecule has 8 heteroatoms. The molecule has 0 fully saturated rings. The van der Waals surface area contributed by atoms with Crippen LogP contribution in [-0.4, -0.2) is 53.0 Å². The molecular formula is C16H26N2O5S. The Morgan fingerprint density at radius 2 is 1.83 bits per heavy atom. The Balaban J connectivity index is 3.02. The van der Waals surface area contributed by atoms with E-state index in [4.69, 9.17) is 9.47 Å². The number of nitrogens with one attached hydrogen (secondary N) is 1. The maximum absolute atomic E-state index is 12.4. The summed E-state index contributed by atoms with van der Waals surface area (Å²) in [5.74, 6) is 0.249. The molecule has 0 radical (unpaired) electrons. The van der Waals surface area contributed by atoms with Crippen molar-refractivity contribution in [3.05, 3.63) is 24.3 Å². The Morgan fingerprint density at radius 3 is 2.29 bits per heavy atom. The van der Waals surface area contributed by atoms with Crippen molar-refractivity contribution in [3.8, 4) is 5.75 Å². The smallest absolute Gasteiger partial charge is 0.243 e. The summed E-state index contributed by atoms with van der Waals surface area (Å²) in [6, 6.07) is 5.48. The van der Waals surface area contributed by atoms with Crippen molar-refractivity contribution in [1.29, 1.82) is 0 Å². The van der Waals surface area contributed by atoms with Gasteiger partial charge in [0.25, 0.3) is 0 Å². The number of sulfonamides is 1. The van der Waals surface area contributed by atoms with Crippen molar-refractivity contribution < 1.29 is 22.7 Å². The van der Waals surface area contributed by atoms with E-state index < -0.39 is 16.1 Å². The molecule has 0 aliphatic heterocycles. The number of benzene rings is 1. The summed E-state index contributed by atoms with van der Waals surface area (Å²) in [6.07, 6.45) is 1.08. The molecule has 0 aliphatic rings. The maximum atomic E-state index is 12.4. The number of rotatable bonds is 9. The molecule has 136 valence electrons. The van der Waals surface area contributed by atoms with Gasteiger partial charge in [-0.05, 0) is 45.0 Å². The minimum absolute atomic E-state index is 0.216. The SMILES string of the molecule is CCOc1ccc(N([C@@H](C)C(=O)N[C@@H](C)COC)S(C)(=O)=O)cc1. The number of carbonyl (C=O) groups excluding carboxylic acids is 1. The molecule has 1 aromatic rings. The Bertz CT molecular complexity index is 630. The highest BCUT2D eigenvalue weighted by Crippen LogP contribution is 2.24. The first-order chi connectivity index (χ1) is 11.2. The highest BCUT2D eigenvalue weighted by molar-refractivity contribution is 7.92. The maximum Gasteiger partial charge on any atom is 0.243 e. The molecule has 0 aliphatic carbocycles. The van der Waals surface area contributed by atoms with Crippen molar-refractivity contribution >= 4 is 21.6 Å². The van der Waals surface area contributed by atoms with Crippen LogP contribution in [0.2, 0.25) is 0 Å². The zero-order chi connectivity index (χ0) is 18.3. The molecular weight excluding hydrogens is 332 g/mol. The summed E-state index contributed by atoms with van der Waals surface area (Å²) in [6.45, 7) is 6.07. The normalized spacial score (nSPS) is 13.9. The number of ether oxygens (including phenoxy) is 2. The largest absolute Gasteiger partial charge is 0.494 e. The third-order valence-electron chi connectivity index (χ3n) is 3.30. The summed E-state index contributed by atoms with van der Waals surface area (Å²) in [4.78, 5) is 12.4. The lowest BCUT2D eigenvalue weighted by Crippen LogP contribution is -2.50. The monoisotopic (exact) mass is 358 g/mol. The molecule has 0 bridgehead atoms. The molecule has 1 aromatic carbocycles. The predicted octanol–water partition coefficient (Wildman–Crippen LogP) is 1.39. The van der Waals surface area contributed by atoms with Crippen LogP contribution in [0, 0.1) is 0 Å². The molecule has 24 heavy (non-hydrogen) atoms. The molecule has 7 nitrogen and oxygen atoms in total. The van der Waals surface area contributed by atoms with Gasteiger partial charge in [0.1, 0.15) is 11.8 Å². The Kier molecular flexibility index (Phi) is 7.50. The molecule has 1 amide bonds. The molecule has 1 N–H and O–H groups in total. The van der Waals surface area contributed by atoms with Crippen LogP contribution in [0.5, 0.6) is 5.75 Å². The van der Waals surface area contributed by atoms with Gasteiger partial charge < -0.3 is 14.8 Å². The van der Waals surface area contributed by atoms with Gasteiger partial charge in [-0.15, -0.1) is 0 Å². The van der Waals surface area contributed by atoms with E-state index in [9.17, 15) is 13.2 Å². The van der Waals surface area contributed by atoms with Crippen LogP contribution in [-0.2, 0) is 19.6 Å². The number of hydrogen-bond donors (Lipinski definition) is 1. The van der Waals surface area contributed by atoms with E-state index in [1.54, 1.807) is 38.1 Å². The van der Waals surface area contributed by atoms with Gasteiger partial charge >= 0.3 is 0 Å². The van der Waals surface area contributed by atoms with E-state index in [0.717, 1.165) is 10.6 Å². The van der Waals surface area contributed by atoms with E-state index in [2.05, 4.69) is 5.32 Å². The minimum Gasteiger partial charge on any atom is -0.494 e. The molecule has 2 atom stereocenters. The zero-order valence-electron chi connectivity index (χ0n) is 14.8. The van der Waals surface area contributed by atoms with Crippen molar-refractivity contribution in [3.63, 3.8) is 0 Å². The average molecular weight is 358 g/mol. The van der Waals surface area contributed by atoms with Gasteiger partial charge in [-0.3, -0.25) is 9.10 Å². The first-order valence-electron chi connectivity index (χ1n) is 7.72. The van der Waals surface area contributed by atoms with E-state index in [-0.39, 0.29) is 11.9 Å². The van der Waals surface area contributed by atoms with Crippen LogP contribution in [0.1, 0.15) is 20.8 Å². The van der Waals surface area contributed by atoms with Crippen molar-refractivity contribution in [2.24, 2.45) is 0 Å². The van der Waals surface area contributed by atoms with Gasteiger partial charge in [-0.2, -0.15) is 0 Å². The Morgan fingerprint density at radius 1 is 1.25 bits per heavy atom. The highest BCUT2D eigenvalue weighted by atomic mass is 32.2. The second kappa shape index (κ2) is 8.89. The second-order valence-corrected chi connectivity index (χ2v) is 7.39. The zero-order valence-corrected chi connectivity index (χ0v) is 15.6. The lowest BCUT2D eigenvalue weighted by molar-refractivity contribution is -0.122. The lowest BCUT2D eigenvalue weighted by atomic mass is 10.2. The third kappa shape index (κ3) is 5.68. The van der Waals surface area contributed by atoms with Gasteiger partial charge in [0.05, 0.1) is 25.2 Å². The molecule has 0 spiro atoms. The van der Waals surface area contributed by atoms with E-state index >= 15 is 0 Å². The molecule has 0 aromatic heterocycles. The predicted molar refractivity (Wildman–Crippen MR) is 93.9 cm³/mol. The number of anilines is 1. The fourth-order valence-electron chi connectivity index (χ4n) is 2.32. The summed E-state index contributed by atoms with van der Waals surface area (Å²) >= 11 is 0. The van der Waals surface area contributed by atoms with Gasteiger partial charge in [0, 0.05) is 13.2 Å². The summed E-state index contributed by atoms with van der Waals surface area (Å²) in [7, 11) is -2.10. The summed E-state index contributed by atoms with van der Waals surface area (Å²) in [5, 5.41) is 2.74. The number of carbonyl (C=O) groups is 1. The van der Waals surface area contributed by atoms with Crippen LogP contribution in [0.25, 0.3) is 0 Å².